The van der Waals surface area contributed by atoms with Gasteiger partial charge in [-0.1, -0.05) is 12.1 Å². The number of aryl methyl sites for hydroxylation is 1. The molecule has 0 bridgehead atoms. The first-order chi connectivity index (χ1) is 10.3. The normalized spacial score (nSPS) is 20.4. The monoisotopic (exact) mass is 282 g/mol. The number of nitrogens with one attached hydrogen (secondary N) is 1. The molecule has 0 spiro atoms. The second-order valence-electron chi connectivity index (χ2n) is 6.26. The first-order valence-corrected chi connectivity index (χ1v) is 7.94. The van der Waals surface area contributed by atoms with E-state index in [1.165, 1.54) is 47.4 Å². The Balaban J connectivity index is 1.47. The Kier molecular flexibility index (Phi) is 3.23. The van der Waals surface area contributed by atoms with Crippen LogP contribution in [0.3, 0.4) is 0 Å². The number of anilines is 1. The van der Waals surface area contributed by atoms with Gasteiger partial charge in [0.1, 0.15) is 5.76 Å². The van der Waals surface area contributed by atoms with E-state index in [4.69, 9.17) is 4.42 Å². The second kappa shape index (κ2) is 5.23. The quantitative estimate of drug-likeness (QED) is 0.935. The van der Waals surface area contributed by atoms with Crippen LogP contribution in [0.4, 0.5) is 5.69 Å². The Morgan fingerprint density at radius 1 is 1.29 bits per heavy atom. The third kappa shape index (κ3) is 2.36. The van der Waals surface area contributed by atoms with Gasteiger partial charge in [-0.3, -0.25) is 0 Å². The van der Waals surface area contributed by atoms with Gasteiger partial charge in [-0.25, -0.2) is 0 Å². The molecule has 0 amide bonds. The highest BCUT2D eigenvalue weighted by atomic mass is 16.3. The standard InChI is InChI=1S/C18H22N2O/c1-20-9-7-14-11-13(5-6-17(14)20)12-19-16-3-2-4-18-15(16)8-10-21-18/h5-6,8,10-11,16,19H,2-4,7,9,12H2,1H3. The van der Waals surface area contributed by atoms with Crippen LogP contribution in [0.5, 0.6) is 0 Å². The summed E-state index contributed by atoms with van der Waals surface area (Å²) in [5.41, 5.74) is 5.64. The highest BCUT2D eigenvalue weighted by Crippen LogP contribution is 2.31. The predicted molar refractivity (Wildman–Crippen MR) is 84.6 cm³/mol. The van der Waals surface area contributed by atoms with E-state index in [1.807, 2.05) is 6.26 Å². The first-order valence-electron chi connectivity index (χ1n) is 7.94. The molecule has 1 aliphatic heterocycles. The zero-order valence-electron chi connectivity index (χ0n) is 12.6. The van der Waals surface area contributed by atoms with Crippen LogP contribution < -0.4 is 10.2 Å². The van der Waals surface area contributed by atoms with Gasteiger partial charge < -0.3 is 14.6 Å². The van der Waals surface area contributed by atoms with Crippen LogP contribution in [0, 0.1) is 0 Å². The molecule has 0 fully saturated rings. The molecule has 0 saturated carbocycles. The summed E-state index contributed by atoms with van der Waals surface area (Å²) in [6.07, 6.45) is 6.52. The van der Waals surface area contributed by atoms with Crippen molar-refractivity contribution in [2.45, 2.75) is 38.3 Å². The molecule has 0 radical (unpaired) electrons. The smallest absolute Gasteiger partial charge is 0.108 e. The van der Waals surface area contributed by atoms with Crippen molar-refractivity contribution in [1.29, 1.82) is 0 Å². The van der Waals surface area contributed by atoms with Crippen LogP contribution in [0.2, 0.25) is 0 Å². The summed E-state index contributed by atoms with van der Waals surface area (Å²) in [4.78, 5) is 2.34. The molecule has 1 aliphatic carbocycles. The second-order valence-corrected chi connectivity index (χ2v) is 6.26. The molecule has 1 aromatic heterocycles. The van der Waals surface area contributed by atoms with E-state index in [1.54, 1.807) is 0 Å². The maximum atomic E-state index is 5.57. The van der Waals surface area contributed by atoms with Crippen LogP contribution in [0.25, 0.3) is 0 Å². The largest absolute Gasteiger partial charge is 0.469 e. The van der Waals surface area contributed by atoms with Crippen LogP contribution in [-0.2, 0) is 19.4 Å². The number of hydrogen-bond donors (Lipinski definition) is 1. The van der Waals surface area contributed by atoms with Crippen molar-refractivity contribution in [1.82, 2.24) is 5.32 Å². The van der Waals surface area contributed by atoms with E-state index >= 15 is 0 Å². The summed E-state index contributed by atoms with van der Waals surface area (Å²) >= 11 is 0. The molecule has 1 atom stereocenters. The number of furan rings is 1. The average Bonchev–Trinajstić information content (AvgIpc) is 3.12. The topological polar surface area (TPSA) is 28.4 Å². The molecule has 2 aromatic rings. The van der Waals surface area contributed by atoms with Crippen molar-refractivity contribution in [2.24, 2.45) is 0 Å². The van der Waals surface area contributed by atoms with Crippen molar-refractivity contribution < 1.29 is 4.42 Å². The molecule has 0 saturated heterocycles. The van der Waals surface area contributed by atoms with Crippen molar-refractivity contribution in [2.75, 3.05) is 18.5 Å². The molecule has 1 N–H and O–H groups in total. The van der Waals surface area contributed by atoms with E-state index < -0.39 is 0 Å². The fraction of sp³-hybridized carbons (Fsp3) is 0.444. The molecule has 4 rings (SSSR count). The summed E-state index contributed by atoms with van der Waals surface area (Å²) in [6.45, 7) is 2.08. The number of nitrogens with zero attached hydrogens (tertiary/aromatic N) is 1. The molecular weight excluding hydrogens is 260 g/mol. The number of benzene rings is 1. The van der Waals surface area contributed by atoms with Gasteiger partial charge in [0.05, 0.1) is 6.26 Å². The SMILES string of the molecule is CN1CCc2cc(CNC3CCCc4occc43)ccc21. The number of likely N-dealkylation sites (N-methyl/N-ethyl adjacent to an activating group) is 1. The Hall–Kier alpha value is -1.74. The van der Waals surface area contributed by atoms with Crippen molar-refractivity contribution in [3.63, 3.8) is 0 Å². The maximum absolute atomic E-state index is 5.57. The Labute approximate surface area is 126 Å². The van der Waals surface area contributed by atoms with E-state index in [9.17, 15) is 0 Å². The molecule has 2 heterocycles. The molecule has 3 nitrogen and oxygen atoms in total. The summed E-state index contributed by atoms with van der Waals surface area (Å²) < 4.78 is 5.57. The first kappa shape index (κ1) is 13.0. The van der Waals surface area contributed by atoms with Crippen molar-refractivity contribution in [3.05, 3.63) is 53.0 Å². The molecule has 110 valence electrons. The lowest BCUT2D eigenvalue weighted by molar-refractivity contribution is 0.411. The lowest BCUT2D eigenvalue weighted by Gasteiger charge is -2.23. The Bertz CT molecular complexity index is 646. The van der Waals surface area contributed by atoms with Crippen LogP contribution in [0.15, 0.2) is 34.9 Å². The summed E-state index contributed by atoms with van der Waals surface area (Å²) in [5.74, 6) is 1.18. The van der Waals surface area contributed by atoms with Gasteiger partial charge in [-0.15, -0.1) is 0 Å². The molecule has 3 heteroatoms. The van der Waals surface area contributed by atoms with E-state index in [-0.39, 0.29) is 0 Å². The molecule has 1 unspecified atom stereocenters. The van der Waals surface area contributed by atoms with Gasteiger partial charge in [-0.2, -0.15) is 0 Å². The van der Waals surface area contributed by atoms with Crippen molar-refractivity contribution in [3.8, 4) is 0 Å². The van der Waals surface area contributed by atoms with Crippen LogP contribution in [-0.4, -0.2) is 13.6 Å². The predicted octanol–water partition coefficient (Wildman–Crippen LogP) is 3.44. The number of fused-ring (bicyclic) bond motifs is 2. The lowest BCUT2D eigenvalue weighted by atomic mass is 9.93. The van der Waals surface area contributed by atoms with Crippen molar-refractivity contribution >= 4 is 5.69 Å². The molecular formula is C18H22N2O. The zero-order chi connectivity index (χ0) is 14.2. The average molecular weight is 282 g/mol. The van der Waals surface area contributed by atoms with Gasteiger partial charge in [0.25, 0.3) is 0 Å². The minimum atomic E-state index is 0.448. The third-order valence-electron chi connectivity index (χ3n) is 4.88. The zero-order valence-corrected chi connectivity index (χ0v) is 12.6. The lowest BCUT2D eigenvalue weighted by Crippen LogP contribution is -2.24. The Morgan fingerprint density at radius 3 is 3.19 bits per heavy atom. The summed E-state index contributed by atoms with van der Waals surface area (Å²) in [6, 6.07) is 9.47. The van der Waals surface area contributed by atoms with E-state index in [0.29, 0.717) is 6.04 Å². The molecule has 21 heavy (non-hydrogen) atoms. The molecule has 1 aromatic carbocycles. The number of rotatable bonds is 3. The minimum absolute atomic E-state index is 0.448. The van der Waals surface area contributed by atoms with Crippen LogP contribution >= 0.6 is 0 Å². The summed E-state index contributed by atoms with van der Waals surface area (Å²) in [7, 11) is 2.17. The highest BCUT2D eigenvalue weighted by Gasteiger charge is 2.22. The van der Waals surface area contributed by atoms with Gasteiger partial charge in [-0.05, 0) is 42.5 Å². The maximum Gasteiger partial charge on any atom is 0.108 e. The van der Waals surface area contributed by atoms with Gasteiger partial charge in [0.2, 0.25) is 0 Å². The third-order valence-corrected chi connectivity index (χ3v) is 4.88. The van der Waals surface area contributed by atoms with Gasteiger partial charge in [0, 0.05) is 43.9 Å². The fourth-order valence-electron chi connectivity index (χ4n) is 3.67. The van der Waals surface area contributed by atoms with Gasteiger partial charge in [0.15, 0.2) is 0 Å². The Morgan fingerprint density at radius 2 is 2.24 bits per heavy atom. The van der Waals surface area contributed by atoms with Crippen LogP contribution in [0.1, 0.15) is 41.3 Å². The van der Waals surface area contributed by atoms with E-state index in [2.05, 4.69) is 41.5 Å². The number of hydrogen-bond acceptors (Lipinski definition) is 3. The van der Waals surface area contributed by atoms with Gasteiger partial charge >= 0.3 is 0 Å². The molecule has 2 aliphatic rings. The fourth-order valence-corrected chi connectivity index (χ4v) is 3.67. The minimum Gasteiger partial charge on any atom is -0.469 e. The van der Waals surface area contributed by atoms with E-state index in [0.717, 1.165) is 19.5 Å². The summed E-state index contributed by atoms with van der Waals surface area (Å²) in [5, 5.41) is 3.71. The highest BCUT2D eigenvalue weighted by molar-refractivity contribution is 5.58.